The Morgan fingerprint density at radius 1 is 1.11 bits per heavy atom. The van der Waals surface area contributed by atoms with Gasteiger partial charge in [0.2, 0.25) is 0 Å². The Hall–Kier alpha value is -2.15. The zero-order valence-electron chi connectivity index (χ0n) is 20.1. The maximum absolute atomic E-state index is 4.48. The molecule has 0 radical (unpaired) electrons. The summed E-state index contributed by atoms with van der Waals surface area (Å²) in [5.41, 5.74) is 6.12. The Bertz CT molecular complexity index is 601. The quantitative estimate of drug-likeness (QED) is 0.338. The summed E-state index contributed by atoms with van der Waals surface area (Å²) in [7, 11) is 0. The van der Waals surface area contributed by atoms with E-state index in [1.54, 1.807) is 6.08 Å². The predicted octanol–water partition coefficient (Wildman–Crippen LogP) is 9.07. The summed E-state index contributed by atoms with van der Waals surface area (Å²) in [6.07, 6.45) is 17.2. The van der Waals surface area contributed by atoms with E-state index in [-0.39, 0.29) is 0 Å². The van der Waals surface area contributed by atoms with Crippen LogP contribution < -0.4 is 0 Å². The number of nitrogens with zero attached hydrogens (tertiary/aromatic N) is 1. The molecule has 0 amide bonds. The zero-order valence-corrected chi connectivity index (χ0v) is 20.1. The molecule has 1 heteroatoms. The summed E-state index contributed by atoms with van der Waals surface area (Å²) in [5, 5.41) is 0. The highest BCUT2D eigenvalue weighted by Crippen LogP contribution is 2.12. The van der Waals surface area contributed by atoms with Crippen LogP contribution in [0.2, 0.25) is 0 Å². The second-order valence-corrected chi connectivity index (χ2v) is 5.79. The molecule has 1 nitrogen and oxygen atoms in total. The smallest absolute Gasteiger partial charge is 0.0655 e. The van der Waals surface area contributed by atoms with Gasteiger partial charge in [0, 0.05) is 6.20 Å². The van der Waals surface area contributed by atoms with Crippen molar-refractivity contribution in [1.29, 1.82) is 0 Å². The van der Waals surface area contributed by atoms with Crippen LogP contribution >= 0.6 is 0 Å². The molecule has 0 N–H and O–H groups in total. The largest absolute Gasteiger partial charge is 0.256 e. The van der Waals surface area contributed by atoms with Crippen LogP contribution in [0.1, 0.15) is 85.1 Å². The van der Waals surface area contributed by atoms with E-state index in [2.05, 4.69) is 57.1 Å². The second-order valence-electron chi connectivity index (χ2n) is 5.79. The summed E-state index contributed by atoms with van der Waals surface area (Å²) in [6.45, 7) is 25.8. The monoisotopic (exact) mass is 383 g/mol. The average molecular weight is 384 g/mol. The lowest BCUT2D eigenvalue weighted by atomic mass is 10.1. The van der Waals surface area contributed by atoms with Gasteiger partial charge in [-0.15, -0.1) is 6.58 Å². The van der Waals surface area contributed by atoms with Crippen molar-refractivity contribution in [1.82, 2.24) is 4.98 Å². The van der Waals surface area contributed by atoms with Crippen molar-refractivity contribution in [3.63, 3.8) is 0 Å². The molecule has 0 spiro atoms. The minimum Gasteiger partial charge on any atom is -0.256 e. The van der Waals surface area contributed by atoms with Crippen molar-refractivity contribution >= 4 is 6.08 Å². The fourth-order valence-electron chi connectivity index (χ4n) is 1.86. The number of hydrogen-bond acceptors (Lipinski definition) is 1. The van der Waals surface area contributed by atoms with E-state index in [9.17, 15) is 0 Å². The number of rotatable bonds is 7. The van der Waals surface area contributed by atoms with Gasteiger partial charge in [-0.05, 0) is 57.2 Å². The summed E-state index contributed by atoms with van der Waals surface area (Å²) >= 11 is 0. The van der Waals surface area contributed by atoms with Crippen molar-refractivity contribution in [3.05, 3.63) is 83.8 Å². The first kappa shape index (κ1) is 30.6. The standard InChI is InChI=1S/C18H23N.C5H10.2C2H6/c1-5-8-10-16(7-3)11-12-17-13-15(4)18(9-6-2)19-14-17;1-4-5(2)3;2*1-2/h5-6,8-11,13-14H,1,7,12H2,2-4H3;2,4H2,1,3H3;2*1-2H3/b9-6-,10-8-,16-11-;;;. The van der Waals surface area contributed by atoms with Crippen molar-refractivity contribution in [2.45, 2.75) is 81.6 Å². The molecule has 0 saturated carbocycles. The van der Waals surface area contributed by atoms with E-state index in [1.165, 1.54) is 22.3 Å². The molecule has 1 rings (SSSR count). The first-order valence-corrected chi connectivity index (χ1v) is 10.7. The van der Waals surface area contributed by atoms with Gasteiger partial charge < -0.3 is 0 Å². The minimum absolute atomic E-state index is 0.925. The van der Waals surface area contributed by atoms with E-state index in [0.717, 1.165) is 25.0 Å². The highest BCUT2D eigenvalue weighted by molar-refractivity contribution is 5.49. The van der Waals surface area contributed by atoms with Gasteiger partial charge in [0.25, 0.3) is 0 Å². The Morgan fingerprint density at radius 2 is 1.68 bits per heavy atom. The number of pyridine rings is 1. The summed E-state index contributed by atoms with van der Waals surface area (Å²) in [5.74, 6) is 0. The third-order valence-corrected chi connectivity index (χ3v) is 3.56. The van der Waals surface area contributed by atoms with E-state index in [0.29, 0.717) is 0 Å². The van der Waals surface area contributed by atoms with Crippen molar-refractivity contribution in [2.75, 3.05) is 0 Å². The van der Waals surface area contributed by atoms with Gasteiger partial charge in [-0.1, -0.05) is 95.7 Å². The zero-order chi connectivity index (χ0) is 22.4. The molecule has 1 aromatic heterocycles. The molecule has 0 aromatic carbocycles. The third-order valence-electron chi connectivity index (χ3n) is 3.56. The predicted molar refractivity (Wildman–Crippen MR) is 133 cm³/mol. The molecule has 0 atom stereocenters. The van der Waals surface area contributed by atoms with Crippen LogP contribution in [0.4, 0.5) is 0 Å². The Balaban J connectivity index is -0.000000590. The second kappa shape index (κ2) is 22.9. The van der Waals surface area contributed by atoms with E-state index >= 15 is 0 Å². The first-order valence-electron chi connectivity index (χ1n) is 10.7. The van der Waals surface area contributed by atoms with Crippen LogP contribution in [0.5, 0.6) is 0 Å². The van der Waals surface area contributed by atoms with E-state index < -0.39 is 0 Å². The van der Waals surface area contributed by atoms with Crippen molar-refractivity contribution in [3.8, 4) is 0 Å². The fourth-order valence-corrected chi connectivity index (χ4v) is 1.86. The normalized spacial score (nSPS) is 10.2. The van der Waals surface area contributed by atoms with Crippen molar-refractivity contribution in [2.24, 2.45) is 0 Å². The topological polar surface area (TPSA) is 12.9 Å². The van der Waals surface area contributed by atoms with E-state index in [4.69, 9.17) is 0 Å². The summed E-state index contributed by atoms with van der Waals surface area (Å²) < 4.78 is 0. The lowest BCUT2D eigenvalue weighted by Crippen LogP contribution is -1.91. The third kappa shape index (κ3) is 17.3. The van der Waals surface area contributed by atoms with Gasteiger partial charge in [-0.2, -0.15) is 0 Å². The fraction of sp³-hybridized carbons (Fsp3) is 0.444. The molecule has 1 heterocycles. The van der Waals surface area contributed by atoms with Crippen molar-refractivity contribution < 1.29 is 0 Å². The van der Waals surface area contributed by atoms with Crippen LogP contribution in [0.3, 0.4) is 0 Å². The average Bonchev–Trinajstić information content (AvgIpc) is 2.73. The van der Waals surface area contributed by atoms with Crippen LogP contribution in [-0.4, -0.2) is 4.98 Å². The number of aryl methyl sites for hydroxylation is 1. The van der Waals surface area contributed by atoms with Crippen LogP contribution in [-0.2, 0) is 6.42 Å². The lowest BCUT2D eigenvalue weighted by molar-refractivity contribution is 1.09. The van der Waals surface area contributed by atoms with Gasteiger partial charge in [0.05, 0.1) is 5.69 Å². The lowest BCUT2D eigenvalue weighted by Gasteiger charge is -2.03. The molecular weight excluding hydrogens is 338 g/mol. The van der Waals surface area contributed by atoms with Gasteiger partial charge in [0.15, 0.2) is 0 Å². The van der Waals surface area contributed by atoms with Gasteiger partial charge in [-0.3, -0.25) is 4.98 Å². The summed E-state index contributed by atoms with van der Waals surface area (Å²) in [4.78, 5) is 4.48. The molecule has 0 aliphatic carbocycles. The molecule has 0 aliphatic heterocycles. The van der Waals surface area contributed by atoms with Gasteiger partial charge in [-0.25, -0.2) is 0 Å². The number of allylic oxidation sites excluding steroid dienone is 7. The SMILES string of the molecule is C=C(C)CC.C=C/C=C\C(=C/Cc1cnc(/C=C\C)c(C)c1)CC.CC.CC. The highest BCUT2D eigenvalue weighted by atomic mass is 14.7. The molecule has 1 aromatic rings. The molecule has 0 bridgehead atoms. The summed E-state index contributed by atoms with van der Waals surface area (Å²) in [6, 6.07) is 2.21. The molecule has 0 fully saturated rings. The maximum atomic E-state index is 4.48. The molecule has 0 unspecified atom stereocenters. The molecule has 0 aliphatic rings. The molecule has 158 valence electrons. The molecule has 28 heavy (non-hydrogen) atoms. The molecule has 0 saturated heterocycles. The number of hydrogen-bond donors (Lipinski definition) is 0. The van der Waals surface area contributed by atoms with Crippen LogP contribution in [0.25, 0.3) is 6.08 Å². The maximum Gasteiger partial charge on any atom is 0.0655 e. The Kier molecular flexibility index (Phi) is 25.0. The molecular formula is C27H45N. The Morgan fingerprint density at radius 3 is 2.07 bits per heavy atom. The van der Waals surface area contributed by atoms with Crippen LogP contribution in [0.15, 0.2) is 66.9 Å². The van der Waals surface area contributed by atoms with Gasteiger partial charge in [0.1, 0.15) is 0 Å². The highest BCUT2D eigenvalue weighted by Gasteiger charge is 1.98. The van der Waals surface area contributed by atoms with Gasteiger partial charge >= 0.3 is 0 Å². The minimum atomic E-state index is 0.925. The van der Waals surface area contributed by atoms with E-state index in [1.807, 2.05) is 66.0 Å². The number of aromatic nitrogens is 1. The first-order chi connectivity index (χ1) is 13.5. The van der Waals surface area contributed by atoms with Crippen LogP contribution in [0, 0.1) is 6.92 Å². The Labute approximate surface area is 176 Å².